The van der Waals surface area contributed by atoms with Crippen LogP contribution in [0.4, 0.5) is 0 Å². The van der Waals surface area contributed by atoms with E-state index >= 15 is 0 Å². The lowest BCUT2D eigenvalue weighted by Crippen LogP contribution is -2.75. The molecule has 4 heteroatoms. The Morgan fingerprint density at radius 2 is 0.609 bits per heavy atom. The van der Waals surface area contributed by atoms with Crippen LogP contribution in [0.2, 0.25) is 0 Å². The molecule has 0 unspecified atom stereocenters. The summed E-state index contributed by atoms with van der Waals surface area (Å²) in [6.45, 7) is 0. The summed E-state index contributed by atoms with van der Waals surface area (Å²) in [7, 11) is -3.11. The van der Waals surface area contributed by atoms with Crippen molar-refractivity contribution in [2.24, 2.45) is 0 Å². The Hall–Kier alpha value is -8.18. The summed E-state index contributed by atoms with van der Waals surface area (Å²) in [6, 6.07) is 92.5. The highest BCUT2D eigenvalue weighted by molar-refractivity contribution is 7.20. The molecule has 0 aliphatic heterocycles. The molecule has 0 saturated heterocycles. The molecule has 0 bridgehead atoms. The van der Waals surface area contributed by atoms with Crippen LogP contribution >= 0.6 is 0 Å². The second kappa shape index (κ2) is 14.5. The fraction of sp³-hybridized carbons (Fsp3) is 0. The fourth-order valence-electron chi connectivity index (χ4n) is 11.0. The summed E-state index contributed by atoms with van der Waals surface area (Å²) in [5, 5.41) is 12.8. The average Bonchev–Trinajstić information content (AvgIpc) is 4.01. The van der Waals surface area contributed by atoms with Gasteiger partial charge in [0.25, 0.3) is 0 Å². The van der Waals surface area contributed by atoms with Gasteiger partial charge >= 0.3 is 0 Å². The van der Waals surface area contributed by atoms with Gasteiger partial charge in [0.2, 0.25) is 0 Å². The van der Waals surface area contributed by atoms with E-state index in [1.54, 1.807) is 0 Å². The van der Waals surface area contributed by atoms with Gasteiger partial charge in [0, 0.05) is 49.4 Å². The Bertz CT molecular complexity index is 3770. The molecule has 0 atom stereocenters. The number of hydrogen-bond donors (Lipinski definition) is 0. The van der Waals surface area contributed by atoms with Crippen LogP contribution in [0, 0.1) is 0 Å². The normalized spacial score (nSPS) is 12.1. The van der Waals surface area contributed by atoms with Crippen LogP contribution in [0.3, 0.4) is 0 Å². The minimum absolute atomic E-state index is 1.15. The molecular weight excluding hydrogens is 791 g/mol. The van der Waals surface area contributed by atoms with Crippen molar-refractivity contribution >= 4 is 94.2 Å². The minimum atomic E-state index is -3.11. The van der Waals surface area contributed by atoms with Gasteiger partial charge in [0.1, 0.15) is 0 Å². The van der Waals surface area contributed by atoms with E-state index in [0.717, 1.165) is 11.4 Å². The molecule has 64 heavy (non-hydrogen) atoms. The highest BCUT2D eigenvalue weighted by atomic mass is 28.3. The third kappa shape index (κ3) is 5.27. The zero-order valence-electron chi connectivity index (χ0n) is 35.0. The monoisotopic (exact) mass is 831 g/mol. The number of rotatable bonds is 7. The predicted molar refractivity (Wildman–Crippen MR) is 273 cm³/mol. The van der Waals surface area contributed by atoms with Crippen LogP contribution < -0.4 is 20.7 Å². The molecule has 13 aromatic rings. The standard InChI is InChI=1S/C60H41N3Si/c1-3-21-44(22-4-1)64(45-23-5-2-6-24-45,46-25-19-20-42(40-46)61-53-31-12-7-26-47(53)48-27-8-13-32-54(48)61)60-37-18-17-36-59(60)63-57-35-16-11-30-51(57)52-41-43(38-39-58(52)63)62-55-33-14-9-28-49(55)50-29-10-15-34-56(50)62/h1-41H. The smallest absolute Gasteiger partial charge is 0.181 e. The molecule has 3 nitrogen and oxygen atoms in total. The first kappa shape index (κ1) is 36.5. The third-order valence-electron chi connectivity index (χ3n) is 13.6. The van der Waals surface area contributed by atoms with Gasteiger partial charge in [-0.05, 0) is 87.5 Å². The maximum atomic E-state index is 2.54. The molecule has 0 aliphatic carbocycles. The Kier molecular flexibility index (Phi) is 8.23. The first-order chi connectivity index (χ1) is 31.8. The Labute approximate surface area is 372 Å². The van der Waals surface area contributed by atoms with Crippen LogP contribution in [-0.4, -0.2) is 21.8 Å². The van der Waals surface area contributed by atoms with Crippen LogP contribution in [0.5, 0.6) is 0 Å². The first-order valence-corrected chi connectivity index (χ1v) is 24.1. The van der Waals surface area contributed by atoms with Gasteiger partial charge in [-0.15, -0.1) is 0 Å². The minimum Gasteiger partial charge on any atom is -0.309 e. The lowest BCUT2D eigenvalue weighted by Gasteiger charge is -2.36. The van der Waals surface area contributed by atoms with Crippen molar-refractivity contribution < 1.29 is 0 Å². The summed E-state index contributed by atoms with van der Waals surface area (Å²) in [5.41, 5.74) is 10.7. The molecule has 3 heterocycles. The van der Waals surface area contributed by atoms with Crippen molar-refractivity contribution in [3.8, 4) is 17.1 Å². The molecule has 0 spiro atoms. The SMILES string of the molecule is c1ccc([Si](c2ccccc2)(c2cccc(-n3c4ccccc4c4ccccc43)c2)c2ccccc2-n2c3ccccc3c3cc(-n4c5ccccc5c5ccccc54)ccc32)cc1. The van der Waals surface area contributed by atoms with Gasteiger partial charge in [-0.3, -0.25) is 0 Å². The van der Waals surface area contributed by atoms with Gasteiger partial charge < -0.3 is 13.7 Å². The molecular formula is C60H41N3Si. The van der Waals surface area contributed by atoms with Crippen molar-refractivity contribution in [1.29, 1.82) is 0 Å². The number of fused-ring (bicyclic) bond motifs is 9. The molecule has 0 radical (unpaired) electrons. The zero-order chi connectivity index (χ0) is 42.2. The van der Waals surface area contributed by atoms with Crippen LogP contribution in [0.15, 0.2) is 249 Å². The van der Waals surface area contributed by atoms with E-state index in [0.29, 0.717) is 0 Å². The Morgan fingerprint density at radius 3 is 1.12 bits per heavy atom. The quantitative estimate of drug-likeness (QED) is 0.112. The maximum absolute atomic E-state index is 3.11. The number of nitrogens with zero attached hydrogens (tertiary/aromatic N) is 3. The van der Waals surface area contributed by atoms with Crippen LogP contribution in [-0.2, 0) is 0 Å². The van der Waals surface area contributed by atoms with Crippen LogP contribution in [0.25, 0.3) is 82.5 Å². The van der Waals surface area contributed by atoms with E-state index in [2.05, 4.69) is 262 Å². The summed E-state index contributed by atoms with van der Waals surface area (Å²) in [4.78, 5) is 0. The summed E-state index contributed by atoms with van der Waals surface area (Å²) in [6.07, 6.45) is 0. The largest absolute Gasteiger partial charge is 0.309 e. The second-order valence-corrected chi connectivity index (χ2v) is 20.6. The lowest BCUT2D eigenvalue weighted by atomic mass is 10.1. The molecule has 10 aromatic carbocycles. The van der Waals surface area contributed by atoms with E-state index in [1.165, 1.54) is 91.9 Å². The zero-order valence-corrected chi connectivity index (χ0v) is 36.0. The van der Waals surface area contributed by atoms with Crippen molar-refractivity contribution in [3.63, 3.8) is 0 Å². The molecule has 0 aliphatic rings. The highest BCUT2D eigenvalue weighted by Crippen LogP contribution is 2.37. The molecule has 0 saturated carbocycles. The Balaban J connectivity index is 1.10. The summed E-state index contributed by atoms with van der Waals surface area (Å²) >= 11 is 0. The van der Waals surface area contributed by atoms with Crippen molar-refractivity contribution in [2.75, 3.05) is 0 Å². The Morgan fingerprint density at radius 1 is 0.234 bits per heavy atom. The number of aromatic nitrogens is 3. The topological polar surface area (TPSA) is 14.8 Å². The van der Waals surface area contributed by atoms with Gasteiger partial charge in [0.05, 0.1) is 33.1 Å². The summed E-state index contributed by atoms with van der Waals surface area (Å²) < 4.78 is 7.42. The van der Waals surface area contributed by atoms with Crippen molar-refractivity contribution in [2.45, 2.75) is 0 Å². The van der Waals surface area contributed by atoms with E-state index in [-0.39, 0.29) is 0 Å². The van der Waals surface area contributed by atoms with E-state index in [4.69, 9.17) is 0 Å². The van der Waals surface area contributed by atoms with Crippen molar-refractivity contribution in [3.05, 3.63) is 249 Å². The number of hydrogen-bond acceptors (Lipinski definition) is 0. The average molecular weight is 832 g/mol. The van der Waals surface area contributed by atoms with Crippen LogP contribution in [0.1, 0.15) is 0 Å². The molecule has 0 amide bonds. The van der Waals surface area contributed by atoms with Gasteiger partial charge in [-0.2, -0.15) is 0 Å². The van der Waals surface area contributed by atoms with E-state index in [9.17, 15) is 0 Å². The molecule has 3 aromatic heterocycles. The van der Waals surface area contributed by atoms with E-state index < -0.39 is 8.07 Å². The first-order valence-electron chi connectivity index (χ1n) is 22.1. The van der Waals surface area contributed by atoms with Gasteiger partial charge in [-0.25, -0.2) is 0 Å². The second-order valence-electron chi connectivity index (χ2n) is 16.8. The lowest BCUT2D eigenvalue weighted by molar-refractivity contribution is 1.17. The third-order valence-corrected chi connectivity index (χ3v) is 18.4. The highest BCUT2D eigenvalue weighted by Gasteiger charge is 2.43. The fourth-order valence-corrected chi connectivity index (χ4v) is 15.9. The van der Waals surface area contributed by atoms with E-state index in [1.807, 2.05) is 0 Å². The van der Waals surface area contributed by atoms with Crippen molar-refractivity contribution in [1.82, 2.24) is 13.7 Å². The molecule has 0 N–H and O–H groups in total. The molecule has 13 rings (SSSR count). The molecule has 0 fully saturated rings. The number of benzene rings is 10. The summed E-state index contributed by atoms with van der Waals surface area (Å²) in [5.74, 6) is 0. The predicted octanol–water partition coefficient (Wildman–Crippen LogP) is 12.4. The number of para-hydroxylation sites is 6. The van der Waals surface area contributed by atoms with Gasteiger partial charge in [0.15, 0.2) is 8.07 Å². The van der Waals surface area contributed by atoms with Gasteiger partial charge in [-0.1, -0.05) is 182 Å². The maximum Gasteiger partial charge on any atom is 0.181 e. The molecule has 300 valence electrons.